The van der Waals surface area contributed by atoms with Gasteiger partial charge >= 0.3 is 0 Å². The molecule has 1 aromatic heterocycles. The van der Waals surface area contributed by atoms with Crippen LogP contribution in [0.2, 0.25) is 0 Å². The van der Waals surface area contributed by atoms with E-state index in [1.54, 1.807) is 4.90 Å². The molecule has 16 heavy (non-hydrogen) atoms. The van der Waals surface area contributed by atoms with Crippen molar-refractivity contribution in [3.63, 3.8) is 0 Å². The lowest BCUT2D eigenvalue weighted by atomic mass is 10.0. The second-order valence-corrected chi connectivity index (χ2v) is 4.34. The van der Waals surface area contributed by atoms with Crippen molar-refractivity contribution >= 4 is 5.91 Å². The Hall–Kier alpha value is -1.29. The van der Waals surface area contributed by atoms with Gasteiger partial charge in [-0.2, -0.15) is 0 Å². The van der Waals surface area contributed by atoms with E-state index >= 15 is 0 Å². The summed E-state index contributed by atoms with van der Waals surface area (Å²) in [6.07, 6.45) is 4.91. The molecular formula is C12H18N2O2. The van der Waals surface area contributed by atoms with Gasteiger partial charge in [0.25, 0.3) is 5.91 Å². The summed E-state index contributed by atoms with van der Waals surface area (Å²) in [6, 6.07) is 3.69. The quantitative estimate of drug-likeness (QED) is 0.811. The first-order valence-corrected chi connectivity index (χ1v) is 5.77. The van der Waals surface area contributed by atoms with Gasteiger partial charge in [-0.05, 0) is 31.4 Å². The summed E-state index contributed by atoms with van der Waals surface area (Å²) in [5, 5.41) is 9.28. The first kappa shape index (κ1) is 11.2. The zero-order chi connectivity index (χ0) is 11.5. The number of nitrogens with zero attached hydrogens (tertiary/aromatic N) is 2. The number of piperidine rings is 1. The minimum atomic E-state index is -0.00356. The molecule has 1 aliphatic rings. The molecule has 0 saturated carbocycles. The van der Waals surface area contributed by atoms with Crippen molar-refractivity contribution in [2.24, 2.45) is 7.05 Å². The van der Waals surface area contributed by atoms with Crippen LogP contribution in [0.15, 0.2) is 18.3 Å². The fourth-order valence-electron chi connectivity index (χ4n) is 2.29. The minimum Gasteiger partial charge on any atom is -0.394 e. The summed E-state index contributed by atoms with van der Waals surface area (Å²) in [4.78, 5) is 14.0. The molecule has 1 saturated heterocycles. The molecule has 1 N–H and O–H groups in total. The Morgan fingerprint density at radius 2 is 2.38 bits per heavy atom. The van der Waals surface area contributed by atoms with Crippen LogP contribution in [0.25, 0.3) is 0 Å². The van der Waals surface area contributed by atoms with Gasteiger partial charge in [0, 0.05) is 19.8 Å². The fourth-order valence-corrected chi connectivity index (χ4v) is 2.29. The molecule has 1 fully saturated rings. The van der Waals surface area contributed by atoms with Gasteiger partial charge in [0.1, 0.15) is 5.69 Å². The van der Waals surface area contributed by atoms with Crippen LogP contribution < -0.4 is 0 Å². The number of aliphatic hydroxyl groups excluding tert-OH is 1. The van der Waals surface area contributed by atoms with Crippen LogP contribution in [-0.2, 0) is 7.05 Å². The molecule has 0 radical (unpaired) electrons. The molecule has 2 rings (SSSR count). The molecule has 1 atom stereocenters. The van der Waals surface area contributed by atoms with Crippen molar-refractivity contribution in [1.29, 1.82) is 0 Å². The lowest BCUT2D eigenvalue weighted by molar-refractivity contribution is 0.0494. The van der Waals surface area contributed by atoms with Crippen LogP contribution in [0.4, 0.5) is 0 Å². The van der Waals surface area contributed by atoms with Crippen LogP contribution in [0.5, 0.6) is 0 Å². The molecule has 2 heterocycles. The Balaban J connectivity index is 2.17. The number of aliphatic hydroxyl groups is 1. The molecule has 1 aromatic rings. The van der Waals surface area contributed by atoms with E-state index in [1.165, 1.54) is 0 Å². The Bertz CT molecular complexity index is 373. The monoisotopic (exact) mass is 222 g/mol. The van der Waals surface area contributed by atoms with Gasteiger partial charge in [0.2, 0.25) is 0 Å². The highest BCUT2D eigenvalue weighted by molar-refractivity contribution is 5.93. The normalized spacial score (nSPS) is 21.1. The highest BCUT2D eigenvalue weighted by Crippen LogP contribution is 2.19. The zero-order valence-corrected chi connectivity index (χ0v) is 9.59. The SMILES string of the molecule is Cn1cccc1C(=O)N1CCCCC1CO. The number of hydrogen-bond acceptors (Lipinski definition) is 2. The lowest BCUT2D eigenvalue weighted by Crippen LogP contribution is -2.46. The highest BCUT2D eigenvalue weighted by Gasteiger charge is 2.27. The predicted octanol–water partition coefficient (Wildman–Crippen LogP) is 1.01. The van der Waals surface area contributed by atoms with E-state index < -0.39 is 0 Å². The van der Waals surface area contributed by atoms with Gasteiger partial charge in [-0.15, -0.1) is 0 Å². The van der Waals surface area contributed by atoms with E-state index in [0.29, 0.717) is 5.69 Å². The Morgan fingerprint density at radius 3 is 3.00 bits per heavy atom. The minimum absolute atomic E-state index is 0.00356. The number of carbonyl (C=O) groups is 1. The van der Waals surface area contributed by atoms with E-state index in [0.717, 1.165) is 25.8 Å². The van der Waals surface area contributed by atoms with Crippen molar-refractivity contribution in [3.8, 4) is 0 Å². The van der Waals surface area contributed by atoms with Crippen LogP contribution in [0, 0.1) is 0 Å². The van der Waals surface area contributed by atoms with Gasteiger partial charge in [-0.3, -0.25) is 4.79 Å². The maximum Gasteiger partial charge on any atom is 0.270 e. The van der Waals surface area contributed by atoms with Crippen LogP contribution in [0.1, 0.15) is 29.8 Å². The Labute approximate surface area is 95.5 Å². The van der Waals surface area contributed by atoms with E-state index in [1.807, 2.05) is 29.9 Å². The summed E-state index contributed by atoms with van der Waals surface area (Å²) in [5.74, 6) is 0.0336. The number of hydrogen-bond donors (Lipinski definition) is 1. The van der Waals surface area contributed by atoms with Crippen LogP contribution in [0.3, 0.4) is 0 Å². The topological polar surface area (TPSA) is 45.5 Å². The van der Waals surface area contributed by atoms with Gasteiger partial charge < -0.3 is 14.6 Å². The van der Waals surface area contributed by atoms with Crippen molar-refractivity contribution in [2.75, 3.05) is 13.2 Å². The molecule has 4 heteroatoms. The van der Waals surface area contributed by atoms with E-state index in [-0.39, 0.29) is 18.6 Å². The summed E-state index contributed by atoms with van der Waals surface area (Å²) in [6.45, 7) is 0.825. The lowest BCUT2D eigenvalue weighted by Gasteiger charge is -2.34. The molecule has 0 bridgehead atoms. The van der Waals surface area contributed by atoms with Crippen molar-refractivity contribution in [2.45, 2.75) is 25.3 Å². The van der Waals surface area contributed by atoms with Gasteiger partial charge in [0.05, 0.1) is 12.6 Å². The third-order valence-electron chi connectivity index (χ3n) is 3.26. The first-order chi connectivity index (χ1) is 7.74. The standard InChI is InChI=1S/C12H18N2O2/c1-13-7-4-6-11(13)12(16)14-8-3-2-5-10(14)9-15/h4,6-7,10,15H,2-3,5,8-9H2,1H3. The Morgan fingerprint density at radius 1 is 1.56 bits per heavy atom. The molecule has 0 spiro atoms. The van der Waals surface area contributed by atoms with Crippen LogP contribution in [-0.4, -0.2) is 39.7 Å². The molecule has 0 aliphatic carbocycles. The first-order valence-electron chi connectivity index (χ1n) is 5.77. The van der Waals surface area contributed by atoms with E-state index in [4.69, 9.17) is 0 Å². The molecule has 1 aliphatic heterocycles. The number of amides is 1. The summed E-state index contributed by atoms with van der Waals surface area (Å²) >= 11 is 0. The second kappa shape index (κ2) is 4.70. The average molecular weight is 222 g/mol. The highest BCUT2D eigenvalue weighted by atomic mass is 16.3. The van der Waals surface area contributed by atoms with Crippen molar-refractivity contribution in [3.05, 3.63) is 24.0 Å². The third-order valence-corrected chi connectivity index (χ3v) is 3.26. The molecule has 4 nitrogen and oxygen atoms in total. The molecule has 88 valence electrons. The number of aromatic nitrogens is 1. The molecular weight excluding hydrogens is 204 g/mol. The largest absolute Gasteiger partial charge is 0.394 e. The van der Waals surface area contributed by atoms with E-state index in [9.17, 15) is 9.90 Å². The predicted molar refractivity (Wildman–Crippen MR) is 61.2 cm³/mol. The summed E-state index contributed by atoms with van der Waals surface area (Å²) in [7, 11) is 1.87. The maximum atomic E-state index is 12.2. The molecule has 0 aromatic carbocycles. The number of carbonyl (C=O) groups excluding carboxylic acids is 1. The van der Waals surface area contributed by atoms with Gasteiger partial charge in [0.15, 0.2) is 0 Å². The number of likely N-dealkylation sites (tertiary alicyclic amines) is 1. The summed E-state index contributed by atoms with van der Waals surface area (Å²) < 4.78 is 1.82. The number of aryl methyl sites for hydroxylation is 1. The third kappa shape index (κ3) is 1.97. The molecule has 1 amide bonds. The van der Waals surface area contributed by atoms with Crippen molar-refractivity contribution < 1.29 is 9.90 Å². The van der Waals surface area contributed by atoms with E-state index in [2.05, 4.69) is 0 Å². The zero-order valence-electron chi connectivity index (χ0n) is 9.59. The number of rotatable bonds is 2. The van der Waals surface area contributed by atoms with Gasteiger partial charge in [-0.25, -0.2) is 0 Å². The maximum absolute atomic E-state index is 12.2. The van der Waals surface area contributed by atoms with Crippen molar-refractivity contribution in [1.82, 2.24) is 9.47 Å². The smallest absolute Gasteiger partial charge is 0.270 e. The second-order valence-electron chi connectivity index (χ2n) is 4.34. The van der Waals surface area contributed by atoms with Crippen LogP contribution >= 0.6 is 0 Å². The summed E-state index contributed by atoms with van der Waals surface area (Å²) in [5.41, 5.74) is 0.695. The average Bonchev–Trinajstić information content (AvgIpc) is 2.74. The van der Waals surface area contributed by atoms with Gasteiger partial charge in [-0.1, -0.05) is 0 Å². The molecule has 1 unspecified atom stereocenters. The fraction of sp³-hybridized carbons (Fsp3) is 0.583. The Kier molecular flexibility index (Phi) is 3.29.